The topological polar surface area (TPSA) is 48.0 Å². The lowest BCUT2D eigenvalue weighted by Crippen LogP contribution is -2.22. The monoisotopic (exact) mass is 279 g/mol. The van der Waals surface area contributed by atoms with Crippen molar-refractivity contribution in [2.45, 2.75) is 27.7 Å². The van der Waals surface area contributed by atoms with E-state index in [1.165, 1.54) is 0 Å². The second kappa shape index (κ2) is 10.7. The SMILES string of the molecule is CCOP(=O)(OCC)OC/C=C/CN(CC)CC. The van der Waals surface area contributed by atoms with E-state index in [1.807, 2.05) is 12.2 Å². The molecule has 0 saturated heterocycles. The largest absolute Gasteiger partial charge is 0.475 e. The maximum absolute atomic E-state index is 11.9. The van der Waals surface area contributed by atoms with Crippen LogP contribution in [0.2, 0.25) is 0 Å². The van der Waals surface area contributed by atoms with Gasteiger partial charge in [0.25, 0.3) is 0 Å². The molecule has 0 aromatic carbocycles. The number of phosphoric ester groups is 1. The summed E-state index contributed by atoms with van der Waals surface area (Å²) in [5, 5.41) is 0. The second-order valence-corrected chi connectivity index (χ2v) is 5.20. The Kier molecular flexibility index (Phi) is 10.6. The van der Waals surface area contributed by atoms with Crippen molar-refractivity contribution in [1.82, 2.24) is 4.90 Å². The van der Waals surface area contributed by atoms with Gasteiger partial charge in [-0.2, -0.15) is 0 Å². The van der Waals surface area contributed by atoms with Gasteiger partial charge in [-0.05, 0) is 26.9 Å². The molecule has 0 aromatic heterocycles. The fourth-order valence-electron chi connectivity index (χ4n) is 1.34. The molecule has 0 heterocycles. The number of likely N-dealkylation sites (N-methyl/N-ethyl adjacent to an activating group) is 1. The molecule has 0 aliphatic heterocycles. The first-order valence-electron chi connectivity index (χ1n) is 6.52. The molecule has 108 valence electrons. The molecule has 0 aliphatic carbocycles. The van der Waals surface area contributed by atoms with Crippen LogP contribution in [0.25, 0.3) is 0 Å². The lowest BCUT2D eigenvalue weighted by Gasteiger charge is -2.16. The molecule has 0 aliphatic rings. The number of rotatable bonds is 11. The first kappa shape index (κ1) is 17.8. The van der Waals surface area contributed by atoms with Gasteiger partial charge in [0, 0.05) is 6.54 Å². The lowest BCUT2D eigenvalue weighted by molar-refractivity contribution is 0.131. The number of hydrogen-bond donors (Lipinski definition) is 0. The van der Waals surface area contributed by atoms with E-state index in [1.54, 1.807) is 13.8 Å². The van der Waals surface area contributed by atoms with Crippen LogP contribution in [0, 0.1) is 0 Å². The number of hydrogen-bond acceptors (Lipinski definition) is 5. The predicted octanol–water partition coefficient (Wildman–Crippen LogP) is 3.08. The fraction of sp³-hybridized carbons (Fsp3) is 0.833. The second-order valence-electron chi connectivity index (χ2n) is 3.54. The highest BCUT2D eigenvalue weighted by atomic mass is 31.2. The van der Waals surface area contributed by atoms with Crippen molar-refractivity contribution >= 4 is 7.82 Å². The smallest absolute Gasteiger partial charge is 0.300 e. The minimum Gasteiger partial charge on any atom is -0.300 e. The van der Waals surface area contributed by atoms with Gasteiger partial charge in [-0.15, -0.1) is 0 Å². The summed E-state index contributed by atoms with van der Waals surface area (Å²) in [5.74, 6) is 0. The summed E-state index contributed by atoms with van der Waals surface area (Å²) < 4.78 is 27.1. The van der Waals surface area contributed by atoms with Gasteiger partial charge in [-0.1, -0.05) is 26.0 Å². The Bertz CT molecular complexity index is 257. The minimum absolute atomic E-state index is 0.235. The lowest BCUT2D eigenvalue weighted by atomic mass is 10.4. The molecule has 0 bridgehead atoms. The average molecular weight is 279 g/mol. The standard InChI is InChI=1S/C12H26NO4P/c1-5-13(6-2)11-9-10-12-17-18(14,15-7-3)16-8-4/h9-10H,5-8,11-12H2,1-4H3/b10-9+. The van der Waals surface area contributed by atoms with Crippen LogP contribution in [0.3, 0.4) is 0 Å². The summed E-state index contributed by atoms with van der Waals surface area (Å²) in [6, 6.07) is 0. The van der Waals surface area contributed by atoms with Crippen LogP contribution in [0.15, 0.2) is 12.2 Å². The Morgan fingerprint density at radius 1 is 0.944 bits per heavy atom. The fourth-order valence-corrected chi connectivity index (χ4v) is 2.46. The van der Waals surface area contributed by atoms with E-state index < -0.39 is 7.82 Å². The molecule has 0 amide bonds. The van der Waals surface area contributed by atoms with E-state index in [0.29, 0.717) is 13.2 Å². The zero-order valence-electron chi connectivity index (χ0n) is 11.9. The van der Waals surface area contributed by atoms with Crippen LogP contribution in [0.1, 0.15) is 27.7 Å². The Hall–Kier alpha value is -0.190. The van der Waals surface area contributed by atoms with Crippen LogP contribution in [0.4, 0.5) is 0 Å². The highest BCUT2D eigenvalue weighted by molar-refractivity contribution is 7.48. The summed E-state index contributed by atoms with van der Waals surface area (Å²) in [4.78, 5) is 2.27. The van der Waals surface area contributed by atoms with Crippen LogP contribution in [-0.4, -0.2) is 44.4 Å². The third kappa shape index (κ3) is 8.01. The number of nitrogens with zero attached hydrogens (tertiary/aromatic N) is 1. The molecule has 0 aromatic rings. The van der Waals surface area contributed by atoms with Crippen molar-refractivity contribution in [1.29, 1.82) is 0 Å². The summed E-state index contributed by atoms with van der Waals surface area (Å²) in [6.07, 6.45) is 3.83. The first-order valence-corrected chi connectivity index (χ1v) is 7.98. The van der Waals surface area contributed by atoms with Crippen molar-refractivity contribution in [3.8, 4) is 0 Å². The van der Waals surface area contributed by atoms with Crippen molar-refractivity contribution in [3.63, 3.8) is 0 Å². The zero-order valence-corrected chi connectivity index (χ0v) is 12.8. The molecule has 0 radical (unpaired) electrons. The zero-order chi connectivity index (χ0) is 13.9. The Morgan fingerprint density at radius 2 is 1.50 bits per heavy atom. The van der Waals surface area contributed by atoms with Gasteiger partial charge in [-0.25, -0.2) is 4.57 Å². The van der Waals surface area contributed by atoms with Gasteiger partial charge in [-0.3, -0.25) is 13.6 Å². The summed E-state index contributed by atoms with van der Waals surface area (Å²) in [5.41, 5.74) is 0. The molecule has 0 saturated carbocycles. The molecule has 0 spiro atoms. The van der Waals surface area contributed by atoms with Gasteiger partial charge in [0.2, 0.25) is 0 Å². The van der Waals surface area contributed by atoms with Crippen LogP contribution in [-0.2, 0) is 18.1 Å². The van der Waals surface area contributed by atoms with Crippen LogP contribution >= 0.6 is 7.82 Å². The van der Waals surface area contributed by atoms with Crippen molar-refractivity contribution < 1.29 is 18.1 Å². The Labute approximate surface area is 111 Å². The van der Waals surface area contributed by atoms with Crippen molar-refractivity contribution in [2.24, 2.45) is 0 Å². The maximum atomic E-state index is 11.9. The maximum Gasteiger partial charge on any atom is 0.475 e. The summed E-state index contributed by atoms with van der Waals surface area (Å²) in [7, 11) is -3.36. The minimum atomic E-state index is -3.36. The molecule has 0 unspecified atom stereocenters. The third-order valence-corrected chi connectivity index (χ3v) is 3.94. The number of phosphoric acid groups is 1. The average Bonchev–Trinajstić information content (AvgIpc) is 2.34. The van der Waals surface area contributed by atoms with Gasteiger partial charge < -0.3 is 4.90 Å². The molecule has 0 rings (SSSR count). The highest BCUT2D eigenvalue weighted by Crippen LogP contribution is 2.48. The van der Waals surface area contributed by atoms with E-state index >= 15 is 0 Å². The summed E-state index contributed by atoms with van der Waals surface area (Å²) in [6.45, 7) is 11.5. The van der Waals surface area contributed by atoms with Crippen molar-refractivity contribution in [2.75, 3.05) is 39.5 Å². The Morgan fingerprint density at radius 3 is 1.94 bits per heavy atom. The molecule has 18 heavy (non-hydrogen) atoms. The third-order valence-electron chi connectivity index (χ3n) is 2.33. The van der Waals surface area contributed by atoms with Crippen molar-refractivity contribution in [3.05, 3.63) is 12.2 Å². The quantitative estimate of drug-likeness (QED) is 0.429. The van der Waals surface area contributed by atoms with Gasteiger partial charge in [0.15, 0.2) is 0 Å². The Balaban J connectivity index is 3.98. The van der Waals surface area contributed by atoms with Crippen LogP contribution in [0.5, 0.6) is 0 Å². The molecular formula is C12H26NO4P. The van der Waals surface area contributed by atoms with E-state index in [4.69, 9.17) is 13.6 Å². The summed E-state index contributed by atoms with van der Waals surface area (Å²) >= 11 is 0. The van der Waals surface area contributed by atoms with Gasteiger partial charge in [0.1, 0.15) is 0 Å². The molecule has 0 atom stereocenters. The van der Waals surface area contributed by atoms with E-state index in [2.05, 4.69) is 18.7 Å². The molecule has 0 N–H and O–H groups in total. The van der Waals surface area contributed by atoms with E-state index in [0.717, 1.165) is 19.6 Å². The first-order chi connectivity index (χ1) is 8.61. The molecule has 6 heteroatoms. The molecule has 0 fully saturated rings. The van der Waals surface area contributed by atoms with Crippen LogP contribution < -0.4 is 0 Å². The van der Waals surface area contributed by atoms with E-state index in [-0.39, 0.29) is 6.61 Å². The molecule has 5 nitrogen and oxygen atoms in total. The predicted molar refractivity (Wildman–Crippen MR) is 73.7 cm³/mol. The normalized spacial score (nSPS) is 12.7. The van der Waals surface area contributed by atoms with Gasteiger partial charge >= 0.3 is 7.82 Å². The highest BCUT2D eigenvalue weighted by Gasteiger charge is 2.24. The van der Waals surface area contributed by atoms with E-state index in [9.17, 15) is 4.57 Å². The van der Waals surface area contributed by atoms with Gasteiger partial charge in [0.05, 0.1) is 19.8 Å². The molecular weight excluding hydrogens is 253 g/mol.